The monoisotopic (exact) mass is 248 g/mol. The summed E-state index contributed by atoms with van der Waals surface area (Å²) >= 11 is 0. The normalized spacial score (nSPS) is 19.7. The van der Waals surface area contributed by atoms with Crippen LogP contribution in [-0.4, -0.2) is 29.7 Å². The Labute approximate surface area is 99.5 Å². The van der Waals surface area contributed by atoms with Crippen molar-refractivity contribution in [2.45, 2.75) is 51.1 Å². The summed E-state index contributed by atoms with van der Waals surface area (Å²) in [5.41, 5.74) is -1.98. The van der Waals surface area contributed by atoms with Gasteiger partial charge in [0.2, 0.25) is 5.60 Å². The van der Waals surface area contributed by atoms with Crippen molar-refractivity contribution in [3.05, 3.63) is 11.6 Å². The fourth-order valence-electron chi connectivity index (χ4n) is 1.91. The Balaban J connectivity index is 2.77. The van der Waals surface area contributed by atoms with Crippen molar-refractivity contribution < 1.29 is 23.4 Å². The quantitative estimate of drug-likeness (QED) is 0.600. The smallest absolute Gasteiger partial charge is 0.344 e. The van der Waals surface area contributed by atoms with Gasteiger partial charge in [-0.15, -0.1) is 0 Å². The highest BCUT2D eigenvalue weighted by Crippen LogP contribution is 2.30. The van der Waals surface area contributed by atoms with Gasteiger partial charge in [-0.1, -0.05) is 11.6 Å². The first-order chi connectivity index (χ1) is 8.00. The van der Waals surface area contributed by atoms with Gasteiger partial charge in [0.05, 0.1) is 6.61 Å². The van der Waals surface area contributed by atoms with Crippen molar-refractivity contribution in [2.24, 2.45) is 0 Å². The molecule has 0 aromatic carbocycles. The minimum absolute atomic E-state index is 0.0209. The topological polar surface area (TPSA) is 46.5 Å². The lowest BCUT2D eigenvalue weighted by Gasteiger charge is -2.27. The largest absolute Gasteiger partial charge is 0.464 e. The molecule has 1 N–H and O–H groups in total. The van der Waals surface area contributed by atoms with E-state index < -0.39 is 18.0 Å². The van der Waals surface area contributed by atoms with E-state index in [4.69, 9.17) is 0 Å². The van der Waals surface area contributed by atoms with Crippen molar-refractivity contribution in [2.75, 3.05) is 6.61 Å². The molecule has 1 aliphatic carbocycles. The molecule has 0 radical (unpaired) electrons. The van der Waals surface area contributed by atoms with Crippen molar-refractivity contribution >= 4 is 5.97 Å². The Morgan fingerprint density at radius 1 is 1.59 bits per heavy atom. The van der Waals surface area contributed by atoms with Gasteiger partial charge in [-0.3, -0.25) is 0 Å². The fraction of sp³-hybridized carbons (Fsp3) is 0.750. The minimum Gasteiger partial charge on any atom is -0.464 e. The number of allylic oxidation sites excluding steroid dienone is 1. The third-order valence-electron chi connectivity index (χ3n) is 2.87. The zero-order valence-corrected chi connectivity index (χ0v) is 9.92. The lowest BCUT2D eigenvalue weighted by atomic mass is 9.88. The molecular weight excluding hydrogens is 230 g/mol. The van der Waals surface area contributed by atoms with E-state index in [-0.39, 0.29) is 13.0 Å². The molecule has 0 bridgehead atoms. The van der Waals surface area contributed by atoms with Crippen molar-refractivity contribution in [3.8, 4) is 0 Å². The number of hydrogen-bond acceptors (Lipinski definition) is 3. The van der Waals surface area contributed by atoms with Gasteiger partial charge >= 0.3 is 5.97 Å². The van der Waals surface area contributed by atoms with Gasteiger partial charge in [-0.25, -0.2) is 13.6 Å². The average Bonchev–Trinajstić information content (AvgIpc) is 2.30. The van der Waals surface area contributed by atoms with Crippen LogP contribution in [-0.2, 0) is 9.53 Å². The first-order valence-corrected chi connectivity index (χ1v) is 5.86. The Bertz CT molecular complexity index is 302. The van der Waals surface area contributed by atoms with Crippen LogP contribution in [0.3, 0.4) is 0 Å². The number of hydrogen-bond donors (Lipinski definition) is 1. The van der Waals surface area contributed by atoms with E-state index in [0.29, 0.717) is 12.0 Å². The van der Waals surface area contributed by atoms with Gasteiger partial charge in [-0.05, 0) is 32.6 Å². The lowest BCUT2D eigenvalue weighted by Crippen LogP contribution is -2.47. The van der Waals surface area contributed by atoms with E-state index in [1.165, 1.54) is 6.92 Å². The summed E-state index contributed by atoms with van der Waals surface area (Å²) in [6.07, 6.45) is 1.78. The Hall–Kier alpha value is -0.970. The van der Waals surface area contributed by atoms with Crippen LogP contribution in [0.5, 0.6) is 0 Å². The molecule has 0 aromatic rings. The summed E-state index contributed by atoms with van der Waals surface area (Å²) in [5, 5.41) is 9.78. The van der Waals surface area contributed by atoms with Crippen LogP contribution in [0, 0.1) is 0 Å². The van der Waals surface area contributed by atoms with Crippen LogP contribution >= 0.6 is 0 Å². The van der Waals surface area contributed by atoms with Gasteiger partial charge in [0.25, 0.3) is 6.43 Å². The molecule has 98 valence electrons. The zero-order chi connectivity index (χ0) is 12.9. The van der Waals surface area contributed by atoms with E-state index in [0.717, 1.165) is 19.3 Å². The molecule has 5 heteroatoms. The summed E-state index contributed by atoms with van der Waals surface area (Å²) in [6, 6.07) is 0. The Morgan fingerprint density at radius 2 is 2.29 bits per heavy atom. The molecule has 0 aromatic heterocycles. The number of carbonyl (C=O) groups is 1. The first-order valence-electron chi connectivity index (χ1n) is 5.86. The number of esters is 1. The van der Waals surface area contributed by atoms with Gasteiger partial charge in [0, 0.05) is 6.42 Å². The maximum Gasteiger partial charge on any atom is 0.344 e. The van der Waals surface area contributed by atoms with Crippen molar-refractivity contribution in [1.29, 1.82) is 0 Å². The van der Waals surface area contributed by atoms with Crippen molar-refractivity contribution in [3.63, 3.8) is 0 Å². The number of ether oxygens (including phenoxy) is 1. The highest BCUT2D eigenvalue weighted by atomic mass is 19.3. The molecule has 0 spiro atoms. The van der Waals surface area contributed by atoms with Gasteiger partial charge in [0.15, 0.2) is 0 Å². The third-order valence-corrected chi connectivity index (χ3v) is 2.87. The second-order valence-corrected chi connectivity index (χ2v) is 4.23. The fourth-order valence-corrected chi connectivity index (χ4v) is 1.91. The third kappa shape index (κ3) is 3.49. The maximum absolute atomic E-state index is 12.8. The molecule has 1 atom stereocenters. The lowest BCUT2D eigenvalue weighted by molar-refractivity contribution is -0.182. The molecule has 3 nitrogen and oxygen atoms in total. The number of carbonyl (C=O) groups excluding carboxylic acids is 1. The summed E-state index contributed by atoms with van der Waals surface area (Å²) in [5.74, 6) is -1.23. The predicted octanol–water partition coefficient (Wildman–Crippen LogP) is 2.44. The van der Waals surface area contributed by atoms with Crippen LogP contribution in [0.2, 0.25) is 0 Å². The molecule has 0 amide bonds. The second kappa shape index (κ2) is 6.10. The molecule has 0 saturated heterocycles. The molecule has 0 fully saturated rings. The Morgan fingerprint density at radius 3 is 2.76 bits per heavy atom. The van der Waals surface area contributed by atoms with Gasteiger partial charge in [0.1, 0.15) is 0 Å². The summed E-state index contributed by atoms with van der Waals surface area (Å²) in [4.78, 5) is 11.4. The van der Waals surface area contributed by atoms with Gasteiger partial charge < -0.3 is 9.84 Å². The van der Waals surface area contributed by atoms with E-state index in [2.05, 4.69) is 4.74 Å². The van der Waals surface area contributed by atoms with E-state index in [1.54, 1.807) is 0 Å². The summed E-state index contributed by atoms with van der Waals surface area (Å²) in [7, 11) is 0. The van der Waals surface area contributed by atoms with E-state index in [1.807, 2.05) is 6.08 Å². The average molecular weight is 248 g/mol. The van der Waals surface area contributed by atoms with Crippen LogP contribution in [0.4, 0.5) is 8.78 Å². The maximum atomic E-state index is 12.8. The van der Waals surface area contributed by atoms with Crippen LogP contribution in [0.15, 0.2) is 11.6 Å². The van der Waals surface area contributed by atoms with Crippen LogP contribution in [0.1, 0.15) is 39.0 Å². The van der Waals surface area contributed by atoms with Crippen molar-refractivity contribution in [1.82, 2.24) is 0 Å². The predicted molar refractivity (Wildman–Crippen MR) is 58.8 cm³/mol. The van der Waals surface area contributed by atoms with E-state index >= 15 is 0 Å². The summed E-state index contributed by atoms with van der Waals surface area (Å²) < 4.78 is 30.2. The van der Waals surface area contributed by atoms with Crippen LogP contribution in [0.25, 0.3) is 0 Å². The summed E-state index contributed by atoms with van der Waals surface area (Å²) in [6.45, 7) is 1.50. The number of rotatable bonds is 5. The van der Waals surface area contributed by atoms with Crippen LogP contribution < -0.4 is 0 Å². The van der Waals surface area contributed by atoms with Gasteiger partial charge in [-0.2, -0.15) is 0 Å². The molecule has 0 heterocycles. The first kappa shape index (κ1) is 14.1. The number of aliphatic hydroxyl groups is 1. The highest BCUT2D eigenvalue weighted by Gasteiger charge is 2.47. The zero-order valence-electron chi connectivity index (χ0n) is 9.92. The Kier molecular flexibility index (Phi) is 5.05. The minimum atomic E-state index is -3.13. The number of alkyl halides is 2. The molecule has 0 unspecified atom stereocenters. The molecular formula is C12H18F2O3. The molecule has 0 saturated carbocycles. The molecule has 1 rings (SSSR count). The molecule has 1 aliphatic rings. The SMILES string of the molecule is CCOC(=O)[C@](O)(CC1=CCCCC1)C(F)F. The molecule has 0 aliphatic heterocycles. The number of halogens is 2. The standard InChI is InChI=1S/C12H18F2O3/c1-2-17-11(15)12(16,10(13)14)8-9-6-4-3-5-7-9/h6,10,16H,2-5,7-8H2,1H3/t12-/m0/s1. The second-order valence-electron chi connectivity index (χ2n) is 4.23. The van der Waals surface area contributed by atoms with E-state index in [9.17, 15) is 18.7 Å². The highest BCUT2D eigenvalue weighted by molar-refractivity contribution is 5.80. The molecule has 17 heavy (non-hydrogen) atoms.